The van der Waals surface area contributed by atoms with Crippen molar-refractivity contribution in [2.45, 2.75) is 32.9 Å². The summed E-state index contributed by atoms with van der Waals surface area (Å²) in [6, 6.07) is 12.6. The molecule has 0 unspecified atom stereocenters. The van der Waals surface area contributed by atoms with E-state index < -0.39 is 22.0 Å². The molecule has 2 rings (SSSR count). The number of sulfonamides is 1. The second kappa shape index (κ2) is 10.1. The van der Waals surface area contributed by atoms with E-state index >= 15 is 0 Å². The summed E-state index contributed by atoms with van der Waals surface area (Å²) in [7, 11) is -2.19. The number of hydrogen-bond acceptors (Lipinski definition) is 6. The molecule has 30 heavy (non-hydrogen) atoms. The highest BCUT2D eigenvalue weighted by Crippen LogP contribution is 2.23. The Morgan fingerprint density at radius 2 is 1.60 bits per heavy atom. The third-order valence-electron chi connectivity index (χ3n) is 4.06. The largest absolute Gasteiger partial charge is 0.497 e. The van der Waals surface area contributed by atoms with E-state index in [9.17, 15) is 13.2 Å². The fraction of sp³-hybridized carbons (Fsp3) is 0.333. The molecule has 9 heteroatoms. The molecule has 0 aliphatic rings. The zero-order valence-corrected chi connectivity index (χ0v) is 18.5. The lowest BCUT2D eigenvalue weighted by molar-refractivity contribution is -0.121. The van der Waals surface area contributed by atoms with E-state index in [0.717, 1.165) is 21.9 Å². The van der Waals surface area contributed by atoms with E-state index in [0.29, 0.717) is 11.4 Å². The van der Waals surface area contributed by atoms with Crippen molar-refractivity contribution in [3.05, 3.63) is 54.1 Å². The number of benzene rings is 2. The van der Waals surface area contributed by atoms with Crippen LogP contribution in [0.25, 0.3) is 0 Å². The van der Waals surface area contributed by atoms with Gasteiger partial charge in [-0.25, -0.2) is 13.8 Å². The lowest BCUT2D eigenvalue weighted by atomic mass is 10.2. The molecule has 0 radical (unpaired) electrons. The topological polar surface area (TPSA) is 97.3 Å². The number of hydrogen-bond donors (Lipinski definition) is 1. The SMILES string of the molecule is COc1ccc(N([C@H](C)C(=O)N/N=C\c2ccc(OC(C)C)cc2)S(C)(=O)=O)cc1. The predicted octanol–water partition coefficient (Wildman–Crippen LogP) is 2.79. The van der Waals surface area contributed by atoms with Gasteiger partial charge in [-0.2, -0.15) is 5.10 Å². The summed E-state index contributed by atoms with van der Waals surface area (Å²) in [4.78, 5) is 12.5. The number of ether oxygens (including phenoxy) is 2. The van der Waals surface area contributed by atoms with Crippen LogP contribution in [-0.2, 0) is 14.8 Å². The second-order valence-electron chi connectivity index (χ2n) is 6.90. The fourth-order valence-electron chi connectivity index (χ4n) is 2.71. The molecule has 2 aromatic carbocycles. The van der Waals surface area contributed by atoms with Gasteiger partial charge in [-0.15, -0.1) is 0 Å². The van der Waals surface area contributed by atoms with Crippen LogP contribution in [0.1, 0.15) is 26.3 Å². The van der Waals surface area contributed by atoms with E-state index in [1.165, 1.54) is 20.2 Å². The molecule has 0 aromatic heterocycles. The van der Waals surface area contributed by atoms with E-state index in [1.807, 2.05) is 13.8 Å². The van der Waals surface area contributed by atoms with Crippen molar-refractivity contribution < 1.29 is 22.7 Å². The summed E-state index contributed by atoms with van der Waals surface area (Å²) >= 11 is 0. The molecule has 1 amide bonds. The van der Waals surface area contributed by atoms with Gasteiger partial charge in [0.25, 0.3) is 5.91 Å². The molecule has 0 spiro atoms. The number of carbonyl (C=O) groups excluding carboxylic acids is 1. The summed E-state index contributed by atoms with van der Waals surface area (Å²) in [5.41, 5.74) is 3.50. The molecule has 0 saturated carbocycles. The van der Waals surface area contributed by atoms with Gasteiger partial charge in [0.2, 0.25) is 10.0 Å². The van der Waals surface area contributed by atoms with Crippen LogP contribution >= 0.6 is 0 Å². The maximum atomic E-state index is 12.5. The van der Waals surface area contributed by atoms with Gasteiger partial charge >= 0.3 is 0 Å². The van der Waals surface area contributed by atoms with E-state index in [1.54, 1.807) is 48.5 Å². The summed E-state index contributed by atoms with van der Waals surface area (Å²) in [6.45, 7) is 5.38. The Hall–Kier alpha value is -3.07. The van der Waals surface area contributed by atoms with Crippen molar-refractivity contribution in [3.8, 4) is 11.5 Å². The first-order valence-corrected chi connectivity index (χ1v) is 11.2. The molecule has 0 bridgehead atoms. The highest BCUT2D eigenvalue weighted by atomic mass is 32.2. The Morgan fingerprint density at radius 3 is 2.10 bits per heavy atom. The second-order valence-corrected chi connectivity index (χ2v) is 8.76. The Kier molecular flexibility index (Phi) is 7.82. The van der Waals surface area contributed by atoms with Gasteiger partial charge in [-0.05, 0) is 74.9 Å². The van der Waals surface area contributed by atoms with Gasteiger partial charge in [-0.1, -0.05) is 0 Å². The summed E-state index contributed by atoms with van der Waals surface area (Å²) in [6.07, 6.45) is 2.60. The number of nitrogens with one attached hydrogen (secondary N) is 1. The summed E-state index contributed by atoms with van der Waals surface area (Å²) < 4.78 is 36.3. The lowest BCUT2D eigenvalue weighted by Crippen LogP contribution is -2.46. The molecule has 0 fully saturated rings. The molecule has 8 nitrogen and oxygen atoms in total. The molecule has 0 heterocycles. The highest BCUT2D eigenvalue weighted by Gasteiger charge is 2.29. The van der Waals surface area contributed by atoms with Gasteiger partial charge < -0.3 is 9.47 Å². The van der Waals surface area contributed by atoms with E-state index in [4.69, 9.17) is 9.47 Å². The smallest absolute Gasteiger partial charge is 0.263 e. The number of hydrazone groups is 1. The Labute approximate surface area is 177 Å². The van der Waals surface area contributed by atoms with Gasteiger partial charge in [-0.3, -0.25) is 9.10 Å². The third-order valence-corrected chi connectivity index (χ3v) is 5.30. The van der Waals surface area contributed by atoms with E-state index in [2.05, 4.69) is 10.5 Å². The quantitative estimate of drug-likeness (QED) is 0.484. The van der Waals surface area contributed by atoms with Crippen LogP contribution in [0.3, 0.4) is 0 Å². The van der Waals surface area contributed by atoms with Crippen molar-refractivity contribution in [2.24, 2.45) is 5.10 Å². The zero-order chi connectivity index (χ0) is 22.3. The predicted molar refractivity (Wildman–Crippen MR) is 118 cm³/mol. The average molecular weight is 434 g/mol. The van der Waals surface area contributed by atoms with Crippen molar-refractivity contribution in [1.82, 2.24) is 5.43 Å². The molecule has 1 atom stereocenters. The molecular weight excluding hydrogens is 406 g/mol. The van der Waals surface area contributed by atoms with Crippen LogP contribution in [0, 0.1) is 0 Å². The van der Waals surface area contributed by atoms with Crippen molar-refractivity contribution in [2.75, 3.05) is 17.7 Å². The lowest BCUT2D eigenvalue weighted by Gasteiger charge is -2.27. The first-order chi connectivity index (χ1) is 14.1. The standard InChI is InChI=1S/C21H27N3O5S/c1-15(2)29-20-10-6-17(7-11-20)14-22-23-21(25)16(3)24(30(5,26)27)18-8-12-19(28-4)13-9-18/h6-16H,1-5H3,(H,23,25)/b22-14-/t16-/m1/s1. The summed E-state index contributed by atoms with van der Waals surface area (Å²) in [5, 5.41) is 3.93. The molecule has 1 N–H and O–H groups in total. The zero-order valence-electron chi connectivity index (χ0n) is 17.7. The summed E-state index contributed by atoms with van der Waals surface area (Å²) in [5.74, 6) is 0.758. The maximum absolute atomic E-state index is 12.5. The molecule has 2 aromatic rings. The first kappa shape index (κ1) is 23.2. The van der Waals surface area contributed by atoms with Gasteiger partial charge in [0.15, 0.2) is 0 Å². The molecular formula is C21H27N3O5S. The number of anilines is 1. The number of nitrogens with zero attached hydrogens (tertiary/aromatic N) is 2. The van der Waals surface area contributed by atoms with Crippen molar-refractivity contribution >= 4 is 27.8 Å². The molecule has 0 saturated heterocycles. The van der Waals surface area contributed by atoms with Crippen LogP contribution in [0.15, 0.2) is 53.6 Å². The molecule has 0 aliphatic heterocycles. The minimum Gasteiger partial charge on any atom is -0.497 e. The maximum Gasteiger partial charge on any atom is 0.263 e. The number of rotatable bonds is 9. The Morgan fingerprint density at radius 1 is 1.03 bits per heavy atom. The molecule has 0 aliphatic carbocycles. The highest BCUT2D eigenvalue weighted by molar-refractivity contribution is 7.92. The van der Waals surface area contributed by atoms with Gasteiger partial charge in [0.05, 0.1) is 31.4 Å². The number of carbonyl (C=O) groups is 1. The van der Waals surface area contributed by atoms with Crippen LogP contribution in [0.2, 0.25) is 0 Å². The number of methoxy groups -OCH3 is 1. The monoisotopic (exact) mass is 433 g/mol. The van der Waals surface area contributed by atoms with Gasteiger partial charge in [0, 0.05) is 0 Å². The third kappa shape index (κ3) is 6.48. The minimum absolute atomic E-state index is 0.0776. The van der Waals surface area contributed by atoms with Gasteiger partial charge in [0.1, 0.15) is 17.5 Å². The van der Waals surface area contributed by atoms with Crippen LogP contribution < -0.4 is 19.2 Å². The van der Waals surface area contributed by atoms with Crippen LogP contribution in [0.5, 0.6) is 11.5 Å². The average Bonchev–Trinajstić information content (AvgIpc) is 2.68. The molecule has 162 valence electrons. The van der Waals surface area contributed by atoms with Crippen LogP contribution in [0.4, 0.5) is 5.69 Å². The van der Waals surface area contributed by atoms with Crippen LogP contribution in [-0.4, -0.2) is 46.1 Å². The normalized spacial score (nSPS) is 12.6. The fourth-order valence-corrected chi connectivity index (χ4v) is 3.88. The minimum atomic E-state index is -3.71. The first-order valence-electron chi connectivity index (χ1n) is 9.35. The van der Waals surface area contributed by atoms with E-state index in [-0.39, 0.29) is 6.10 Å². The Balaban J connectivity index is 2.08. The Bertz CT molecular complexity index is 971. The van der Waals surface area contributed by atoms with Crippen molar-refractivity contribution in [1.29, 1.82) is 0 Å². The number of amides is 1. The van der Waals surface area contributed by atoms with Crippen molar-refractivity contribution in [3.63, 3.8) is 0 Å².